The molecular weight excluding hydrogens is 258 g/mol. The molecule has 0 spiro atoms. The van der Waals surface area contributed by atoms with Crippen molar-refractivity contribution in [2.75, 3.05) is 6.54 Å². The zero-order valence-electron chi connectivity index (χ0n) is 12.8. The van der Waals surface area contributed by atoms with Crippen molar-refractivity contribution < 1.29 is 4.42 Å². The molecule has 112 valence electrons. The minimum atomic E-state index is 0.160. The van der Waals surface area contributed by atoms with E-state index in [-0.39, 0.29) is 11.5 Å². The first-order valence-electron chi connectivity index (χ1n) is 8.19. The summed E-state index contributed by atoms with van der Waals surface area (Å²) in [6.45, 7) is 3.14. The van der Waals surface area contributed by atoms with E-state index in [1.165, 1.54) is 37.7 Å². The maximum Gasteiger partial charge on any atom is 0.121 e. The van der Waals surface area contributed by atoms with Gasteiger partial charge in [-0.15, -0.1) is 0 Å². The molecule has 1 aromatic heterocycles. The van der Waals surface area contributed by atoms with E-state index in [0.29, 0.717) is 0 Å². The molecule has 1 aliphatic rings. The zero-order chi connectivity index (χ0) is 14.5. The highest BCUT2D eigenvalue weighted by Crippen LogP contribution is 2.48. The van der Waals surface area contributed by atoms with Crippen molar-refractivity contribution in [2.24, 2.45) is 0 Å². The van der Waals surface area contributed by atoms with E-state index in [9.17, 15) is 0 Å². The van der Waals surface area contributed by atoms with Gasteiger partial charge in [0.2, 0.25) is 0 Å². The molecule has 2 nitrogen and oxygen atoms in total. The van der Waals surface area contributed by atoms with E-state index >= 15 is 0 Å². The molecule has 0 saturated heterocycles. The summed E-state index contributed by atoms with van der Waals surface area (Å²) in [4.78, 5) is 0. The maximum absolute atomic E-state index is 5.79. The van der Waals surface area contributed by atoms with Crippen molar-refractivity contribution in [3.05, 3.63) is 60.1 Å². The normalized spacial score (nSPS) is 19.3. The fourth-order valence-electron chi connectivity index (χ4n) is 3.92. The third kappa shape index (κ3) is 2.77. The van der Waals surface area contributed by atoms with E-state index in [1.54, 1.807) is 6.26 Å². The first-order chi connectivity index (χ1) is 10.4. The monoisotopic (exact) mass is 283 g/mol. The molecule has 21 heavy (non-hydrogen) atoms. The van der Waals surface area contributed by atoms with Gasteiger partial charge in [-0.2, -0.15) is 0 Å². The number of likely N-dealkylation sites (N-methyl/N-ethyl adjacent to an activating group) is 1. The maximum atomic E-state index is 5.79. The lowest BCUT2D eigenvalue weighted by molar-refractivity contribution is 0.194. The van der Waals surface area contributed by atoms with Gasteiger partial charge in [0, 0.05) is 5.41 Å². The first-order valence-corrected chi connectivity index (χ1v) is 8.19. The van der Waals surface area contributed by atoms with Crippen LogP contribution >= 0.6 is 0 Å². The Labute approximate surface area is 127 Å². The first kappa shape index (κ1) is 14.4. The minimum absolute atomic E-state index is 0.160. The summed E-state index contributed by atoms with van der Waals surface area (Å²) >= 11 is 0. The quantitative estimate of drug-likeness (QED) is 0.850. The van der Waals surface area contributed by atoms with Gasteiger partial charge in [-0.3, -0.25) is 0 Å². The van der Waals surface area contributed by atoms with Crippen molar-refractivity contribution in [1.82, 2.24) is 5.32 Å². The van der Waals surface area contributed by atoms with Crippen LogP contribution in [0.4, 0.5) is 0 Å². The van der Waals surface area contributed by atoms with Crippen molar-refractivity contribution in [3.8, 4) is 0 Å². The van der Waals surface area contributed by atoms with Gasteiger partial charge in [-0.1, -0.05) is 56.5 Å². The Morgan fingerprint density at radius 1 is 1.05 bits per heavy atom. The van der Waals surface area contributed by atoms with Crippen molar-refractivity contribution in [3.63, 3.8) is 0 Å². The van der Waals surface area contributed by atoms with Gasteiger partial charge in [0.1, 0.15) is 5.76 Å². The smallest absolute Gasteiger partial charge is 0.121 e. The van der Waals surface area contributed by atoms with E-state index in [1.807, 2.05) is 6.07 Å². The lowest BCUT2D eigenvalue weighted by Crippen LogP contribution is -2.43. The third-order valence-corrected chi connectivity index (χ3v) is 4.88. The lowest BCUT2D eigenvalue weighted by Gasteiger charge is -2.43. The zero-order valence-corrected chi connectivity index (χ0v) is 12.8. The number of furan rings is 1. The van der Waals surface area contributed by atoms with Crippen molar-refractivity contribution in [1.29, 1.82) is 0 Å². The second-order valence-electron chi connectivity index (χ2n) is 6.09. The molecule has 1 unspecified atom stereocenters. The SMILES string of the molecule is CCNC(c1ccco1)C1(c2ccccc2)CCCCC1. The second kappa shape index (κ2) is 6.48. The Morgan fingerprint density at radius 3 is 2.43 bits per heavy atom. The summed E-state index contributed by atoms with van der Waals surface area (Å²) in [5.74, 6) is 1.07. The van der Waals surface area contributed by atoms with Crippen LogP contribution in [0, 0.1) is 0 Å². The molecule has 2 heteroatoms. The molecule has 1 aromatic carbocycles. The second-order valence-corrected chi connectivity index (χ2v) is 6.09. The van der Waals surface area contributed by atoms with Gasteiger partial charge in [0.25, 0.3) is 0 Å². The highest BCUT2D eigenvalue weighted by Gasteiger charge is 2.42. The number of benzene rings is 1. The van der Waals surface area contributed by atoms with Gasteiger partial charge in [-0.25, -0.2) is 0 Å². The fourth-order valence-corrected chi connectivity index (χ4v) is 3.92. The van der Waals surface area contributed by atoms with Crippen molar-refractivity contribution >= 4 is 0 Å². The third-order valence-electron chi connectivity index (χ3n) is 4.88. The van der Waals surface area contributed by atoms with Gasteiger partial charge in [-0.05, 0) is 37.1 Å². The molecule has 1 saturated carbocycles. The highest BCUT2D eigenvalue weighted by atomic mass is 16.3. The summed E-state index contributed by atoms with van der Waals surface area (Å²) in [5, 5.41) is 3.70. The Balaban J connectivity index is 2.04. The Morgan fingerprint density at radius 2 is 1.81 bits per heavy atom. The summed E-state index contributed by atoms with van der Waals surface area (Å²) < 4.78 is 5.79. The molecule has 2 aromatic rings. The summed E-state index contributed by atoms with van der Waals surface area (Å²) in [6, 6.07) is 15.4. The predicted molar refractivity (Wildman–Crippen MR) is 86.3 cm³/mol. The van der Waals surface area contributed by atoms with Crippen LogP contribution in [0.1, 0.15) is 56.4 Å². The molecule has 1 heterocycles. The largest absolute Gasteiger partial charge is 0.468 e. The average Bonchev–Trinajstić information content (AvgIpc) is 3.08. The van der Waals surface area contributed by atoms with Crippen LogP contribution in [-0.2, 0) is 5.41 Å². The van der Waals surface area contributed by atoms with Crippen LogP contribution in [0.15, 0.2) is 53.1 Å². The number of hydrogen-bond acceptors (Lipinski definition) is 2. The topological polar surface area (TPSA) is 25.2 Å². The molecule has 1 aliphatic carbocycles. The molecule has 0 radical (unpaired) electrons. The Bertz CT molecular complexity index is 526. The van der Waals surface area contributed by atoms with Crippen LogP contribution in [-0.4, -0.2) is 6.54 Å². The van der Waals surface area contributed by atoms with Gasteiger partial charge in [0.15, 0.2) is 0 Å². The van der Waals surface area contributed by atoms with Crippen LogP contribution in [0.5, 0.6) is 0 Å². The Kier molecular flexibility index (Phi) is 4.45. The van der Waals surface area contributed by atoms with Crippen LogP contribution < -0.4 is 5.32 Å². The number of hydrogen-bond donors (Lipinski definition) is 1. The molecule has 1 atom stereocenters. The van der Waals surface area contributed by atoms with Crippen LogP contribution in [0.3, 0.4) is 0 Å². The van der Waals surface area contributed by atoms with Gasteiger partial charge < -0.3 is 9.73 Å². The standard InChI is InChI=1S/C19H25NO/c1-2-20-18(17-12-9-15-21-17)19(13-7-4-8-14-19)16-10-5-3-6-11-16/h3,5-6,9-12,15,18,20H,2,4,7-8,13-14H2,1H3. The highest BCUT2D eigenvalue weighted by molar-refractivity contribution is 5.31. The van der Waals surface area contributed by atoms with E-state index < -0.39 is 0 Å². The fraction of sp³-hybridized carbons (Fsp3) is 0.474. The number of nitrogens with one attached hydrogen (secondary N) is 1. The molecule has 1 N–H and O–H groups in total. The summed E-state index contributed by atoms with van der Waals surface area (Å²) in [5.41, 5.74) is 1.61. The van der Waals surface area contributed by atoms with Crippen LogP contribution in [0.2, 0.25) is 0 Å². The summed E-state index contributed by atoms with van der Waals surface area (Å²) in [7, 11) is 0. The number of rotatable bonds is 5. The van der Waals surface area contributed by atoms with E-state index in [0.717, 1.165) is 12.3 Å². The van der Waals surface area contributed by atoms with E-state index in [2.05, 4.69) is 48.6 Å². The molecule has 0 aliphatic heterocycles. The van der Waals surface area contributed by atoms with Gasteiger partial charge >= 0.3 is 0 Å². The minimum Gasteiger partial charge on any atom is -0.468 e. The van der Waals surface area contributed by atoms with E-state index in [4.69, 9.17) is 4.42 Å². The predicted octanol–water partition coefficient (Wildman–Crippen LogP) is 4.83. The van der Waals surface area contributed by atoms with Gasteiger partial charge in [0.05, 0.1) is 12.3 Å². The summed E-state index contributed by atoms with van der Waals surface area (Å²) in [6.07, 6.45) is 8.21. The lowest BCUT2D eigenvalue weighted by atomic mass is 9.64. The molecule has 3 rings (SSSR count). The van der Waals surface area contributed by atoms with Crippen LogP contribution in [0.25, 0.3) is 0 Å². The Hall–Kier alpha value is -1.54. The molecule has 0 amide bonds. The molecular formula is C19H25NO. The molecule has 0 bridgehead atoms. The van der Waals surface area contributed by atoms with Crippen molar-refractivity contribution in [2.45, 2.75) is 50.5 Å². The average molecular weight is 283 g/mol. The molecule has 1 fully saturated rings.